The maximum absolute atomic E-state index is 5.93. The highest BCUT2D eigenvalue weighted by atomic mass is 35.5. The minimum atomic E-state index is 0. The molecule has 0 aliphatic carbocycles. The summed E-state index contributed by atoms with van der Waals surface area (Å²) in [6.45, 7) is 2.16. The summed E-state index contributed by atoms with van der Waals surface area (Å²) in [5.41, 5.74) is 1.85. The molecule has 3 heterocycles. The van der Waals surface area contributed by atoms with E-state index in [-0.39, 0.29) is 12.4 Å². The summed E-state index contributed by atoms with van der Waals surface area (Å²) >= 11 is 0. The lowest BCUT2D eigenvalue weighted by molar-refractivity contribution is 0.527. The lowest BCUT2D eigenvalue weighted by Crippen LogP contribution is -2.38. The molecule has 2 bridgehead atoms. The Balaban J connectivity index is 0.00000110. The van der Waals surface area contributed by atoms with Crippen molar-refractivity contribution in [2.24, 2.45) is 0 Å². The summed E-state index contributed by atoms with van der Waals surface area (Å²) in [5.74, 6) is 0. The van der Waals surface area contributed by atoms with Crippen LogP contribution in [0, 0.1) is 0 Å². The Morgan fingerprint density at radius 3 is 2.89 bits per heavy atom. The largest absolute Gasteiger partial charge is 0.423 e. The second kappa shape index (κ2) is 5.02. The van der Waals surface area contributed by atoms with Crippen LogP contribution >= 0.6 is 12.4 Å². The van der Waals surface area contributed by atoms with Gasteiger partial charge in [-0.05, 0) is 37.9 Å². The van der Waals surface area contributed by atoms with Gasteiger partial charge in [-0.25, -0.2) is 0 Å². The quantitative estimate of drug-likeness (QED) is 0.871. The van der Waals surface area contributed by atoms with Crippen molar-refractivity contribution in [1.82, 2.24) is 10.3 Å². The van der Waals surface area contributed by atoms with E-state index in [0.29, 0.717) is 12.1 Å². The predicted molar refractivity (Wildman–Crippen MR) is 78.0 cm³/mol. The summed E-state index contributed by atoms with van der Waals surface area (Å²) in [4.78, 5) is 7.05. The third-order valence-electron chi connectivity index (χ3n) is 4.16. The third kappa shape index (κ3) is 2.09. The molecular formula is C14H18ClN3O. The van der Waals surface area contributed by atoms with E-state index >= 15 is 0 Å². The maximum Gasteiger partial charge on any atom is 0.298 e. The van der Waals surface area contributed by atoms with E-state index in [1.807, 2.05) is 24.3 Å². The molecule has 2 unspecified atom stereocenters. The van der Waals surface area contributed by atoms with E-state index in [2.05, 4.69) is 15.2 Å². The van der Waals surface area contributed by atoms with Crippen molar-refractivity contribution in [2.75, 3.05) is 18.0 Å². The van der Waals surface area contributed by atoms with Gasteiger partial charge in [0.1, 0.15) is 5.52 Å². The number of nitrogens with zero attached hydrogens (tertiary/aromatic N) is 2. The molecule has 2 saturated heterocycles. The van der Waals surface area contributed by atoms with Crippen LogP contribution in [0.5, 0.6) is 0 Å². The minimum absolute atomic E-state index is 0. The first-order valence-corrected chi connectivity index (χ1v) is 6.76. The average Bonchev–Trinajstić information content (AvgIpc) is 2.88. The SMILES string of the molecule is Cl.c1ccc2oc(N3C4CCNCC3CC4)nc2c1. The Kier molecular flexibility index (Phi) is 3.37. The van der Waals surface area contributed by atoms with Crippen LogP contribution in [0.3, 0.4) is 0 Å². The van der Waals surface area contributed by atoms with Gasteiger partial charge in [-0.1, -0.05) is 12.1 Å². The van der Waals surface area contributed by atoms with E-state index < -0.39 is 0 Å². The van der Waals surface area contributed by atoms with Crippen LogP contribution in [0.15, 0.2) is 28.7 Å². The van der Waals surface area contributed by atoms with Gasteiger partial charge in [0.05, 0.1) is 0 Å². The van der Waals surface area contributed by atoms with Crippen LogP contribution in [-0.4, -0.2) is 30.2 Å². The van der Waals surface area contributed by atoms with E-state index in [9.17, 15) is 0 Å². The fourth-order valence-corrected chi connectivity index (χ4v) is 3.27. The number of fused-ring (bicyclic) bond motifs is 3. The first-order valence-electron chi connectivity index (χ1n) is 6.76. The summed E-state index contributed by atoms with van der Waals surface area (Å²) in [7, 11) is 0. The van der Waals surface area contributed by atoms with Gasteiger partial charge in [0.2, 0.25) is 0 Å². The molecule has 1 aromatic heterocycles. The Morgan fingerprint density at radius 2 is 2.00 bits per heavy atom. The number of rotatable bonds is 1. The van der Waals surface area contributed by atoms with Crippen molar-refractivity contribution in [3.8, 4) is 0 Å². The Hall–Kier alpha value is -1.26. The zero-order chi connectivity index (χ0) is 11.9. The third-order valence-corrected chi connectivity index (χ3v) is 4.16. The predicted octanol–water partition coefficient (Wildman–Crippen LogP) is 2.58. The molecule has 0 spiro atoms. The minimum Gasteiger partial charge on any atom is -0.423 e. The van der Waals surface area contributed by atoms with Gasteiger partial charge >= 0.3 is 0 Å². The summed E-state index contributed by atoms with van der Waals surface area (Å²) < 4.78 is 5.93. The fraction of sp³-hybridized carbons (Fsp3) is 0.500. The number of hydrogen-bond acceptors (Lipinski definition) is 4. The van der Waals surface area contributed by atoms with Crippen LogP contribution in [0.25, 0.3) is 11.1 Å². The van der Waals surface area contributed by atoms with Crippen molar-refractivity contribution >= 4 is 29.5 Å². The lowest BCUT2D eigenvalue weighted by atomic mass is 10.1. The van der Waals surface area contributed by atoms with Crippen molar-refractivity contribution in [1.29, 1.82) is 0 Å². The summed E-state index contributed by atoms with van der Waals surface area (Å²) in [6.07, 6.45) is 3.71. The van der Waals surface area contributed by atoms with E-state index in [4.69, 9.17) is 4.42 Å². The molecule has 5 heteroatoms. The number of anilines is 1. The molecule has 4 rings (SSSR count). The van der Waals surface area contributed by atoms with Gasteiger partial charge in [-0.15, -0.1) is 12.4 Å². The Labute approximate surface area is 118 Å². The highest BCUT2D eigenvalue weighted by Gasteiger charge is 2.37. The molecule has 2 atom stereocenters. The van der Waals surface area contributed by atoms with E-state index in [1.165, 1.54) is 19.3 Å². The molecule has 2 fully saturated rings. The van der Waals surface area contributed by atoms with Gasteiger partial charge in [0, 0.05) is 18.6 Å². The zero-order valence-corrected chi connectivity index (χ0v) is 11.5. The van der Waals surface area contributed by atoms with Gasteiger partial charge in [0.15, 0.2) is 5.58 Å². The Morgan fingerprint density at radius 1 is 1.16 bits per heavy atom. The Bertz CT molecular complexity index is 524. The number of benzene rings is 1. The molecular weight excluding hydrogens is 262 g/mol. The van der Waals surface area contributed by atoms with Gasteiger partial charge < -0.3 is 14.6 Å². The van der Waals surface area contributed by atoms with Crippen LogP contribution in [-0.2, 0) is 0 Å². The molecule has 1 aromatic carbocycles. The summed E-state index contributed by atoms with van der Waals surface area (Å²) in [5, 5.41) is 3.50. The molecule has 2 aliphatic rings. The average molecular weight is 280 g/mol. The van der Waals surface area contributed by atoms with E-state index in [0.717, 1.165) is 30.2 Å². The van der Waals surface area contributed by atoms with Gasteiger partial charge in [-0.3, -0.25) is 0 Å². The van der Waals surface area contributed by atoms with Gasteiger partial charge in [-0.2, -0.15) is 4.98 Å². The fourth-order valence-electron chi connectivity index (χ4n) is 3.27. The number of hydrogen-bond donors (Lipinski definition) is 1. The molecule has 0 saturated carbocycles. The van der Waals surface area contributed by atoms with E-state index in [1.54, 1.807) is 0 Å². The van der Waals surface area contributed by atoms with Crippen LogP contribution in [0.4, 0.5) is 6.01 Å². The first-order chi connectivity index (χ1) is 8.92. The first kappa shape index (κ1) is 12.8. The van der Waals surface area contributed by atoms with Crippen molar-refractivity contribution in [2.45, 2.75) is 31.3 Å². The second-order valence-electron chi connectivity index (χ2n) is 5.25. The zero-order valence-electron chi connectivity index (χ0n) is 10.7. The van der Waals surface area contributed by atoms with Crippen molar-refractivity contribution in [3.05, 3.63) is 24.3 Å². The molecule has 4 nitrogen and oxygen atoms in total. The molecule has 2 aromatic rings. The highest BCUT2D eigenvalue weighted by molar-refractivity contribution is 5.85. The second-order valence-corrected chi connectivity index (χ2v) is 5.25. The normalized spacial score (nSPS) is 26.2. The number of halogens is 1. The molecule has 0 radical (unpaired) electrons. The highest BCUT2D eigenvalue weighted by Crippen LogP contribution is 2.34. The topological polar surface area (TPSA) is 41.3 Å². The monoisotopic (exact) mass is 279 g/mol. The molecule has 0 amide bonds. The molecule has 102 valence electrons. The number of aromatic nitrogens is 1. The number of para-hydroxylation sites is 2. The smallest absolute Gasteiger partial charge is 0.298 e. The number of nitrogens with one attached hydrogen (secondary N) is 1. The molecule has 2 aliphatic heterocycles. The standard InChI is InChI=1S/C14H17N3O.ClH/c1-2-4-13-12(3-1)16-14(18-13)17-10-5-6-11(17)9-15-8-7-10;/h1-4,10-11,15H,5-9H2;1H. The van der Waals surface area contributed by atoms with Crippen LogP contribution in [0.1, 0.15) is 19.3 Å². The lowest BCUT2D eigenvalue weighted by Gasteiger charge is -2.25. The maximum atomic E-state index is 5.93. The molecule has 19 heavy (non-hydrogen) atoms. The summed E-state index contributed by atoms with van der Waals surface area (Å²) in [6, 6.07) is 9.96. The number of oxazole rings is 1. The molecule has 1 N–H and O–H groups in total. The van der Waals surface area contributed by atoms with Crippen LogP contribution < -0.4 is 10.2 Å². The van der Waals surface area contributed by atoms with Crippen molar-refractivity contribution < 1.29 is 4.42 Å². The van der Waals surface area contributed by atoms with Crippen molar-refractivity contribution in [3.63, 3.8) is 0 Å². The van der Waals surface area contributed by atoms with Crippen LogP contribution in [0.2, 0.25) is 0 Å². The van der Waals surface area contributed by atoms with Gasteiger partial charge in [0.25, 0.3) is 6.01 Å².